The Hall–Kier alpha value is -2.54. The Morgan fingerprint density at radius 1 is 0.862 bits per heavy atom. The van der Waals surface area contributed by atoms with Gasteiger partial charge in [-0.3, -0.25) is 4.99 Å². The van der Waals surface area contributed by atoms with Gasteiger partial charge >= 0.3 is 0 Å². The van der Waals surface area contributed by atoms with E-state index in [0.29, 0.717) is 18.0 Å². The molecule has 29 heavy (non-hydrogen) atoms. The highest BCUT2D eigenvalue weighted by atomic mass is 32.2. The first-order valence-corrected chi connectivity index (χ1v) is 10.5. The van der Waals surface area contributed by atoms with Crippen LogP contribution in [-0.4, -0.2) is 50.8 Å². The lowest BCUT2D eigenvalue weighted by Crippen LogP contribution is -2.30. The molecule has 0 saturated heterocycles. The normalized spacial score (nSPS) is 13.4. The smallest absolute Gasteiger partial charge is 0.164 e. The molecular weight excluding hydrogens is 388 g/mol. The number of thioether (sulfide) groups is 1. The van der Waals surface area contributed by atoms with Gasteiger partial charge in [-0.05, 0) is 30.2 Å². The van der Waals surface area contributed by atoms with E-state index in [9.17, 15) is 0 Å². The number of rotatable bonds is 8. The van der Waals surface area contributed by atoms with E-state index in [0.717, 1.165) is 47.5 Å². The molecule has 0 bridgehead atoms. The molecule has 6 nitrogen and oxygen atoms in total. The Morgan fingerprint density at radius 3 is 2.14 bits per heavy atom. The van der Waals surface area contributed by atoms with Crippen molar-refractivity contribution in [2.45, 2.75) is 19.5 Å². The van der Waals surface area contributed by atoms with Gasteiger partial charge in [0.1, 0.15) is 11.5 Å². The number of hydrogen-bond acceptors (Lipinski definition) is 7. The number of hydrogen-bond donors (Lipinski definition) is 0. The van der Waals surface area contributed by atoms with Crippen LogP contribution in [0.3, 0.4) is 0 Å². The highest BCUT2D eigenvalue weighted by molar-refractivity contribution is 8.13. The van der Waals surface area contributed by atoms with Crippen LogP contribution < -0.4 is 18.9 Å². The number of methoxy groups -OCH3 is 4. The van der Waals surface area contributed by atoms with Crippen LogP contribution in [0.15, 0.2) is 41.4 Å². The van der Waals surface area contributed by atoms with Gasteiger partial charge in [-0.2, -0.15) is 0 Å². The number of amidine groups is 1. The van der Waals surface area contributed by atoms with E-state index in [1.165, 1.54) is 5.56 Å². The Balaban J connectivity index is 1.91. The largest absolute Gasteiger partial charge is 0.497 e. The fourth-order valence-electron chi connectivity index (χ4n) is 3.20. The molecule has 0 atom stereocenters. The predicted molar refractivity (Wildman–Crippen MR) is 118 cm³/mol. The zero-order chi connectivity index (χ0) is 20.6. The minimum atomic E-state index is 0.652. The second-order valence-corrected chi connectivity index (χ2v) is 7.65. The Bertz CT molecular complexity index is 839. The molecule has 0 saturated carbocycles. The SMILES string of the molecule is COc1ccc(CN(Cc2cc(OC)c(OC)cc2OC)C2=NCCCS2)cc1. The highest BCUT2D eigenvalue weighted by Crippen LogP contribution is 2.36. The number of aliphatic imine (C=N–C) groups is 1. The molecule has 7 heteroatoms. The van der Waals surface area contributed by atoms with Crippen LogP contribution in [0.1, 0.15) is 17.5 Å². The number of ether oxygens (including phenoxy) is 4. The lowest BCUT2D eigenvalue weighted by molar-refractivity contribution is 0.341. The fraction of sp³-hybridized carbons (Fsp3) is 0.409. The molecule has 0 spiro atoms. The molecule has 1 heterocycles. The predicted octanol–water partition coefficient (Wildman–Crippen LogP) is 4.22. The molecular formula is C22H28N2O4S. The summed E-state index contributed by atoms with van der Waals surface area (Å²) in [4.78, 5) is 7.06. The maximum Gasteiger partial charge on any atom is 0.164 e. The molecule has 0 fully saturated rings. The van der Waals surface area contributed by atoms with E-state index >= 15 is 0 Å². The van der Waals surface area contributed by atoms with Gasteiger partial charge in [-0.25, -0.2) is 0 Å². The Kier molecular flexibility index (Phi) is 7.52. The third kappa shape index (κ3) is 5.29. The molecule has 0 N–H and O–H groups in total. The summed E-state index contributed by atoms with van der Waals surface area (Å²) in [5.74, 6) is 4.04. The van der Waals surface area contributed by atoms with E-state index in [2.05, 4.69) is 17.0 Å². The molecule has 0 aliphatic carbocycles. The van der Waals surface area contributed by atoms with E-state index in [-0.39, 0.29) is 0 Å². The zero-order valence-corrected chi connectivity index (χ0v) is 18.3. The van der Waals surface area contributed by atoms with Crippen molar-refractivity contribution in [3.8, 4) is 23.0 Å². The summed E-state index contributed by atoms with van der Waals surface area (Å²) in [6.07, 6.45) is 1.12. The quantitative estimate of drug-likeness (QED) is 0.642. The standard InChI is InChI=1S/C22H28N2O4S/c1-25-18-8-6-16(7-9-18)14-24(22-23-10-5-11-29-22)15-17-12-20(27-3)21(28-4)13-19(17)26-2/h6-9,12-13H,5,10-11,14-15H2,1-4H3. The summed E-state index contributed by atoms with van der Waals surface area (Å²) in [7, 11) is 6.62. The first kappa shape index (κ1) is 21.2. The summed E-state index contributed by atoms with van der Waals surface area (Å²) >= 11 is 1.80. The Morgan fingerprint density at radius 2 is 1.55 bits per heavy atom. The van der Waals surface area contributed by atoms with Crippen LogP contribution in [0.5, 0.6) is 23.0 Å². The first-order chi connectivity index (χ1) is 14.2. The van der Waals surface area contributed by atoms with Crippen LogP contribution in [0.4, 0.5) is 0 Å². The minimum absolute atomic E-state index is 0.652. The lowest BCUT2D eigenvalue weighted by Gasteiger charge is -2.28. The molecule has 2 aromatic carbocycles. The average Bonchev–Trinajstić information content (AvgIpc) is 2.79. The summed E-state index contributed by atoms with van der Waals surface area (Å²) in [5, 5.41) is 1.06. The first-order valence-electron chi connectivity index (χ1n) is 9.52. The topological polar surface area (TPSA) is 52.5 Å². The van der Waals surface area contributed by atoms with Gasteiger partial charge in [-0.1, -0.05) is 23.9 Å². The fourth-order valence-corrected chi connectivity index (χ4v) is 4.15. The van der Waals surface area contributed by atoms with E-state index < -0.39 is 0 Å². The summed E-state index contributed by atoms with van der Waals surface area (Å²) < 4.78 is 21.8. The van der Waals surface area contributed by atoms with Gasteiger partial charge in [0, 0.05) is 37.0 Å². The van der Waals surface area contributed by atoms with Crippen molar-refractivity contribution in [3.63, 3.8) is 0 Å². The van der Waals surface area contributed by atoms with Crippen molar-refractivity contribution in [1.29, 1.82) is 0 Å². The molecule has 0 unspecified atom stereocenters. The van der Waals surface area contributed by atoms with Gasteiger partial charge in [0.25, 0.3) is 0 Å². The average molecular weight is 417 g/mol. The highest BCUT2D eigenvalue weighted by Gasteiger charge is 2.20. The minimum Gasteiger partial charge on any atom is -0.497 e. The van der Waals surface area contributed by atoms with Gasteiger partial charge in [0.05, 0.1) is 28.4 Å². The van der Waals surface area contributed by atoms with Crippen molar-refractivity contribution in [1.82, 2.24) is 4.90 Å². The van der Waals surface area contributed by atoms with Crippen LogP contribution in [0.25, 0.3) is 0 Å². The van der Waals surface area contributed by atoms with Gasteiger partial charge < -0.3 is 23.8 Å². The third-order valence-corrected chi connectivity index (χ3v) is 5.87. The van der Waals surface area contributed by atoms with Crippen molar-refractivity contribution >= 4 is 16.9 Å². The molecule has 1 aliphatic heterocycles. The molecule has 0 radical (unpaired) electrons. The van der Waals surface area contributed by atoms with Crippen LogP contribution in [0.2, 0.25) is 0 Å². The summed E-state index contributed by atoms with van der Waals surface area (Å²) in [5.41, 5.74) is 2.21. The van der Waals surface area contributed by atoms with Crippen molar-refractivity contribution in [3.05, 3.63) is 47.5 Å². The lowest BCUT2D eigenvalue weighted by atomic mass is 10.1. The van der Waals surface area contributed by atoms with E-state index in [4.69, 9.17) is 23.9 Å². The van der Waals surface area contributed by atoms with Crippen molar-refractivity contribution in [2.24, 2.45) is 4.99 Å². The van der Waals surface area contributed by atoms with Gasteiger partial charge in [0.2, 0.25) is 0 Å². The van der Waals surface area contributed by atoms with E-state index in [1.54, 1.807) is 40.2 Å². The molecule has 2 aromatic rings. The molecule has 0 aromatic heterocycles. The summed E-state index contributed by atoms with van der Waals surface area (Å²) in [6.45, 7) is 2.26. The number of benzene rings is 2. The monoisotopic (exact) mass is 416 g/mol. The molecule has 1 aliphatic rings. The van der Waals surface area contributed by atoms with Crippen LogP contribution in [0, 0.1) is 0 Å². The second kappa shape index (κ2) is 10.3. The second-order valence-electron chi connectivity index (χ2n) is 6.59. The van der Waals surface area contributed by atoms with Crippen molar-refractivity contribution < 1.29 is 18.9 Å². The summed E-state index contributed by atoms with van der Waals surface area (Å²) in [6, 6.07) is 12.0. The van der Waals surface area contributed by atoms with Crippen molar-refractivity contribution in [2.75, 3.05) is 40.7 Å². The maximum absolute atomic E-state index is 5.63. The Labute approximate surface area is 176 Å². The third-order valence-electron chi connectivity index (χ3n) is 4.73. The van der Waals surface area contributed by atoms with E-state index in [1.807, 2.05) is 24.3 Å². The van der Waals surface area contributed by atoms with Crippen LogP contribution in [-0.2, 0) is 13.1 Å². The van der Waals surface area contributed by atoms with Gasteiger partial charge in [-0.15, -0.1) is 0 Å². The van der Waals surface area contributed by atoms with Gasteiger partial charge in [0.15, 0.2) is 16.7 Å². The molecule has 0 amide bonds. The number of nitrogens with zero attached hydrogens (tertiary/aromatic N) is 2. The molecule has 3 rings (SSSR count). The maximum atomic E-state index is 5.63. The van der Waals surface area contributed by atoms with Crippen LogP contribution >= 0.6 is 11.8 Å². The molecule has 156 valence electrons. The zero-order valence-electron chi connectivity index (χ0n) is 17.4.